The van der Waals surface area contributed by atoms with Crippen molar-refractivity contribution in [3.8, 4) is 0 Å². The molecule has 1 aromatic carbocycles. The smallest absolute Gasteiger partial charge is 0.118 e. The van der Waals surface area contributed by atoms with Crippen molar-refractivity contribution in [2.24, 2.45) is 0 Å². The maximum absolute atomic E-state index is 4.70. The van der Waals surface area contributed by atoms with Crippen LogP contribution in [0.1, 0.15) is 43.3 Å². The van der Waals surface area contributed by atoms with Gasteiger partial charge in [0.2, 0.25) is 0 Å². The standard InChI is InChI=1S/C15H21N3OS/c1-4-9-16-11(2)13-5-7-14(8-6-13)20-10-15-12(3)17-19-18-15/h5-8,11,16H,4,9-10H2,1-3H3. The molecule has 2 rings (SSSR count). The van der Waals surface area contributed by atoms with Crippen molar-refractivity contribution in [3.05, 3.63) is 41.2 Å². The number of rotatable bonds is 7. The Bertz CT molecular complexity index is 524. The Hall–Kier alpha value is -1.33. The molecule has 0 amide bonds. The van der Waals surface area contributed by atoms with Crippen molar-refractivity contribution in [2.45, 2.75) is 43.9 Å². The first kappa shape index (κ1) is 15.1. The third kappa shape index (κ3) is 4.08. The lowest BCUT2D eigenvalue weighted by Gasteiger charge is -2.13. The predicted molar refractivity (Wildman–Crippen MR) is 81.7 cm³/mol. The summed E-state index contributed by atoms with van der Waals surface area (Å²) >= 11 is 1.75. The predicted octanol–water partition coefficient (Wildman–Crippen LogP) is 3.73. The maximum Gasteiger partial charge on any atom is 0.118 e. The summed E-state index contributed by atoms with van der Waals surface area (Å²) in [7, 11) is 0. The molecule has 2 aromatic rings. The number of nitrogens with zero attached hydrogens (tertiary/aromatic N) is 2. The summed E-state index contributed by atoms with van der Waals surface area (Å²) in [6, 6.07) is 9.09. The van der Waals surface area contributed by atoms with Gasteiger partial charge >= 0.3 is 0 Å². The van der Waals surface area contributed by atoms with Gasteiger partial charge in [-0.3, -0.25) is 0 Å². The Labute approximate surface area is 124 Å². The molecule has 5 heteroatoms. The van der Waals surface area contributed by atoms with Crippen molar-refractivity contribution < 1.29 is 4.63 Å². The molecule has 1 aromatic heterocycles. The number of thioether (sulfide) groups is 1. The van der Waals surface area contributed by atoms with Crippen LogP contribution in [0.25, 0.3) is 0 Å². The first-order valence-corrected chi connectivity index (χ1v) is 7.93. The summed E-state index contributed by atoms with van der Waals surface area (Å²) in [5, 5.41) is 11.2. The fourth-order valence-corrected chi connectivity index (χ4v) is 2.76. The van der Waals surface area contributed by atoms with Gasteiger partial charge in [-0.25, -0.2) is 4.63 Å². The molecule has 1 atom stereocenters. The zero-order valence-electron chi connectivity index (χ0n) is 12.2. The van der Waals surface area contributed by atoms with E-state index >= 15 is 0 Å². The molecule has 0 aliphatic carbocycles. The molecule has 20 heavy (non-hydrogen) atoms. The Morgan fingerprint density at radius 1 is 1.25 bits per heavy atom. The van der Waals surface area contributed by atoms with Crippen LogP contribution in [0.3, 0.4) is 0 Å². The summed E-state index contributed by atoms with van der Waals surface area (Å²) in [6.45, 7) is 7.34. The van der Waals surface area contributed by atoms with E-state index in [0.29, 0.717) is 6.04 Å². The van der Waals surface area contributed by atoms with Gasteiger partial charge in [-0.2, -0.15) is 0 Å². The third-order valence-electron chi connectivity index (χ3n) is 3.20. The molecule has 0 fully saturated rings. The Morgan fingerprint density at radius 3 is 2.60 bits per heavy atom. The molecule has 1 heterocycles. The lowest BCUT2D eigenvalue weighted by Crippen LogP contribution is -2.19. The highest BCUT2D eigenvalue weighted by atomic mass is 32.2. The molecule has 4 nitrogen and oxygen atoms in total. The van der Waals surface area contributed by atoms with Gasteiger partial charge in [-0.15, -0.1) is 11.8 Å². The van der Waals surface area contributed by atoms with E-state index in [1.54, 1.807) is 11.8 Å². The summed E-state index contributed by atoms with van der Waals surface area (Å²) in [4.78, 5) is 1.24. The first-order chi connectivity index (χ1) is 9.70. The molecule has 0 radical (unpaired) electrons. The van der Waals surface area contributed by atoms with Crippen molar-refractivity contribution in [2.75, 3.05) is 6.54 Å². The summed E-state index contributed by atoms with van der Waals surface area (Å²) in [5.74, 6) is 0.790. The highest BCUT2D eigenvalue weighted by Crippen LogP contribution is 2.24. The van der Waals surface area contributed by atoms with Gasteiger partial charge in [0.25, 0.3) is 0 Å². The van der Waals surface area contributed by atoms with Crippen LogP contribution in [-0.2, 0) is 5.75 Å². The van der Waals surface area contributed by atoms with Crippen LogP contribution < -0.4 is 5.32 Å². The lowest BCUT2D eigenvalue weighted by atomic mass is 10.1. The average molecular weight is 291 g/mol. The van der Waals surface area contributed by atoms with Crippen molar-refractivity contribution in [1.29, 1.82) is 0 Å². The summed E-state index contributed by atoms with van der Waals surface area (Å²) in [5.41, 5.74) is 3.10. The second kappa shape index (κ2) is 7.45. The number of hydrogen-bond acceptors (Lipinski definition) is 5. The van der Waals surface area contributed by atoms with E-state index in [1.807, 2.05) is 6.92 Å². The van der Waals surface area contributed by atoms with Crippen LogP contribution in [0.5, 0.6) is 0 Å². The second-order valence-electron chi connectivity index (χ2n) is 4.83. The third-order valence-corrected chi connectivity index (χ3v) is 4.23. The molecular weight excluding hydrogens is 270 g/mol. The molecule has 1 N–H and O–H groups in total. The van der Waals surface area contributed by atoms with Gasteiger partial charge in [0, 0.05) is 16.7 Å². The van der Waals surface area contributed by atoms with E-state index in [9.17, 15) is 0 Å². The Morgan fingerprint density at radius 2 is 2.00 bits per heavy atom. The number of benzene rings is 1. The zero-order chi connectivity index (χ0) is 14.4. The Balaban J connectivity index is 1.89. The highest BCUT2D eigenvalue weighted by Gasteiger charge is 2.07. The molecular formula is C15H21N3OS. The monoisotopic (exact) mass is 291 g/mol. The van der Waals surface area contributed by atoms with E-state index in [4.69, 9.17) is 4.63 Å². The molecule has 0 saturated heterocycles. The van der Waals surface area contributed by atoms with E-state index in [0.717, 1.165) is 30.1 Å². The van der Waals surface area contributed by atoms with Crippen molar-refractivity contribution in [3.63, 3.8) is 0 Å². The zero-order valence-corrected chi connectivity index (χ0v) is 13.0. The summed E-state index contributed by atoms with van der Waals surface area (Å²) in [6.07, 6.45) is 1.16. The number of hydrogen-bond donors (Lipinski definition) is 1. The van der Waals surface area contributed by atoms with E-state index in [1.165, 1.54) is 10.5 Å². The maximum atomic E-state index is 4.70. The van der Waals surface area contributed by atoms with Gasteiger partial charge in [-0.05, 0) is 44.5 Å². The number of aryl methyl sites for hydroxylation is 1. The van der Waals surface area contributed by atoms with Gasteiger partial charge in [0.05, 0.1) is 0 Å². The van der Waals surface area contributed by atoms with Gasteiger partial charge < -0.3 is 5.32 Å². The quantitative estimate of drug-likeness (QED) is 0.788. The molecule has 0 bridgehead atoms. The van der Waals surface area contributed by atoms with Gasteiger partial charge in [-0.1, -0.05) is 29.4 Å². The first-order valence-electron chi connectivity index (χ1n) is 6.95. The summed E-state index contributed by atoms with van der Waals surface area (Å²) < 4.78 is 4.70. The molecule has 0 saturated carbocycles. The fourth-order valence-electron chi connectivity index (χ4n) is 1.86. The molecule has 0 aliphatic heterocycles. The van der Waals surface area contributed by atoms with Crippen molar-refractivity contribution >= 4 is 11.8 Å². The van der Waals surface area contributed by atoms with Crippen molar-refractivity contribution in [1.82, 2.24) is 15.6 Å². The normalized spacial score (nSPS) is 12.6. The van der Waals surface area contributed by atoms with E-state index < -0.39 is 0 Å². The van der Waals surface area contributed by atoms with Crippen LogP contribution in [0.4, 0.5) is 0 Å². The van der Waals surface area contributed by atoms with Gasteiger partial charge in [0.15, 0.2) is 0 Å². The van der Waals surface area contributed by atoms with E-state index in [-0.39, 0.29) is 0 Å². The topological polar surface area (TPSA) is 51.0 Å². The minimum atomic E-state index is 0.399. The molecule has 0 spiro atoms. The van der Waals surface area contributed by atoms with Crippen LogP contribution in [-0.4, -0.2) is 16.9 Å². The molecule has 1 unspecified atom stereocenters. The lowest BCUT2D eigenvalue weighted by molar-refractivity contribution is 0.302. The minimum Gasteiger partial charge on any atom is -0.310 e. The Kier molecular flexibility index (Phi) is 5.61. The number of nitrogens with one attached hydrogen (secondary N) is 1. The minimum absolute atomic E-state index is 0.399. The fraction of sp³-hybridized carbons (Fsp3) is 0.467. The largest absolute Gasteiger partial charge is 0.310 e. The average Bonchev–Trinajstić information content (AvgIpc) is 2.88. The van der Waals surface area contributed by atoms with E-state index in [2.05, 4.69) is 53.7 Å². The van der Waals surface area contributed by atoms with Gasteiger partial charge in [0.1, 0.15) is 11.4 Å². The molecule has 0 aliphatic rings. The molecule has 108 valence electrons. The highest BCUT2D eigenvalue weighted by molar-refractivity contribution is 7.98. The van der Waals surface area contributed by atoms with Crippen LogP contribution in [0, 0.1) is 6.92 Å². The van der Waals surface area contributed by atoms with Crippen LogP contribution in [0.15, 0.2) is 33.8 Å². The SMILES string of the molecule is CCCNC(C)c1ccc(SCc2nonc2C)cc1. The second-order valence-corrected chi connectivity index (χ2v) is 5.88. The number of aromatic nitrogens is 2. The van der Waals surface area contributed by atoms with Crippen LogP contribution >= 0.6 is 11.8 Å². The van der Waals surface area contributed by atoms with Crippen LogP contribution in [0.2, 0.25) is 0 Å².